The van der Waals surface area contributed by atoms with Gasteiger partial charge < -0.3 is 0 Å². The van der Waals surface area contributed by atoms with E-state index in [0.717, 1.165) is 29.5 Å². The Balaban J connectivity index is 2.54. The minimum absolute atomic E-state index is 0.160. The van der Waals surface area contributed by atoms with Crippen LogP contribution in [-0.2, 0) is 12.8 Å². The topological polar surface area (TPSA) is 17.1 Å². The van der Waals surface area contributed by atoms with Gasteiger partial charge in [-0.25, -0.2) is 4.39 Å². The lowest BCUT2D eigenvalue weighted by molar-refractivity contribution is 0.103. The molecule has 0 saturated carbocycles. The molecule has 0 N–H and O–H groups in total. The van der Waals surface area contributed by atoms with Gasteiger partial charge in [0.2, 0.25) is 0 Å². The quantitative estimate of drug-likeness (QED) is 0.748. The van der Waals surface area contributed by atoms with E-state index in [4.69, 9.17) is 0 Å². The average Bonchev–Trinajstić information content (AvgIpc) is 2.48. The minimum atomic E-state index is -0.454. The van der Waals surface area contributed by atoms with Crippen molar-refractivity contribution in [2.45, 2.75) is 33.6 Å². The average molecular weight is 270 g/mol. The van der Waals surface area contributed by atoms with Crippen molar-refractivity contribution in [1.82, 2.24) is 0 Å². The van der Waals surface area contributed by atoms with E-state index in [1.165, 1.54) is 6.07 Å². The molecule has 0 aliphatic rings. The number of rotatable bonds is 4. The van der Waals surface area contributed by atoms with Crippen molar-refractivity contribution in [3.63, 3.8) is 0 Å². The highest BCUT2D eigenvalue weighted by molar-refractivity contribution is 6.10. The Labute approximate surface area is 119 Å². The Morgan fingerprint density at radius 3 is 2.40 bits per heavy atom. The monoisotopic (exact) mass is 270 g/mol. The summed E-state index contributed by atoms with van der Waals surface area (Å²) in [4.78, 5) is 12.6. The van der Waals surface area contributed by atoms with Crippen LogP contribution in [0.1, 0.15) is 46.5 Å². The first kappa shape index (κ1) is 14.4. The predicted molar refractivity (Wildman–Crippen MR) is 79.8 cm³/mol. The van der Waals surface area contributed by atoms with Crippen molar-refractivity contribution < 1.29 is 9.18 Å². The highest BCUT2D eigenvalue weighted by Crippen LogP contribution is 2.20. The zero-order valence-electron chi connectivity index (χ0n) is 12.2. The largest absolute Gasteiger partial charge is 0.288 e. The van der Waals surface area contributed by atoms with Crippen LogP contribution in [0, 0.1) is 12.7 Å². The molecule has 104 valence electrons. The van der Waals surface area contributed by atoms with E-state index in [1.807, 2.05) is 39.0 Å². The molecule has 2 heteroatoms. The van der Waals surface area contributed by atoms with Gasteiger partial charge in [-0.05, 0) is 49.1 Å². The zero-order chi connectivity index (χ0) is 14.7. The maximum Gasteiger partial charge on any atom is 0.196 e. The fourth-order valence-corrected chi connectivity index (χ4v) is 2.32. The summed E-state index contributed by atoms with van der Waals surface area (Å²) < 4.78 is 13.9. The lowest BCUT2D eigenvalue weighted by atomic mass is 9.93. The van der Waals surface area contributed by atoms with Crippen LogP contribution in [0.25, 0.3) is 0 Å². The molecule has 0 heterocycles. The normalized spacial score (nSPS) is 10.6. The summed E-state index contributed by atoms with van der Waals surface area (Å²) in [5, 5.41) is 0. The molecule has 0 aliphatic heterocycles. The lowest BCUT2D eigenvalue weighted by Gasteiger charge is -2.10. The number of carbonyl (C=O) groups is 1. The number of benzene rings is 2. The standard InChI is InChI=1S/C18H19FO/c1-4-13-7-8-14(5-2)15(11-13)18(20)16-10-12(3)6-9-17(16)19/h6-11H,4-5H2,1-3H3. The third-order valence-corrected chi connectivity index (χ3v) is 3.57. The summed E-state index contributed by atoms with van der Waals surface area (Å²) >= 11 is 0. The first-order valence-electron chi connectivity index (χ1n) is 6.99. The van der Waals surface area contributed by atoms with Crippen molar-refractivity contribution in [3.8, 4) is 0 Å². The summed E-state index contributed by atoms with van der Waals surface area (Å²) in [6.07, 6.45) is 1.62. The SMILES string of the molecule is CCc1ccc(CC)c(C(=O)c2cc(C)ccc2F)c1. The summed E-state index contributed by atoms with van der Waals surface area (Å²) in [5.41, 5.74) is 3.73. The van der Waals surface area contributed by atoms with Crippen LogP contribution in [0.5, 0.6) is 0 Å². The lowest BCUT2D eigenvalue weighted by Crippen LogP contribution is -2.08. The molecule has 0 unspecified atom stereocenters. The Hall–Kier alpha value is -1.96. The van der Waals surface area contributed by atoms with Gasteiger partial charge in [0.25, 0.3) is 0 Å². The van der Waals surface area contributed by atoms with Gasteiger partial charge in [-0.15, -0.1) is 0 Å². The molecule has 0 aromatic heterocycles. The second-order valence-corrected chi connectivity index (χ2v) is 5.01. The second-order valence-electron chi connectivity index (χ2n) is 5.01. The molecule has 0 amide bonds. The Morgan fingerprint density at radius 1 is 1.00 bits per heavy atom. The maximum atomic E-state index is 13.9. The molecule has 2 aromatic rings. The number of carbonyl (C=O) groups excluding carboxylic acids is 1. The van der Waals surface area contributed by atoms with Crippen molar-refractivity contribution in [2.24, 2.45) is 0 Å². The summed E-state index contributed by atoms with van der Waals surface area (Å²) in [6.45, 7) is 5.91. The number of hydrogen-bond donors (Lipinski definition) is 0. The van der Waals surface area contributed by atoms with Gasteiger partial charge in [0, 0.05) is 5.56 Å². The molecule has 0 saturated heterocycles. The smallest absolute Gasteiger partial charge is 0.196 e. The van der Waals surface area contributed by atoms with E-state index in [1.54, 1.807) is 12.1 Å². The van der Waals surface area contributed by atoms with Crippen LogP contribution in [-0.4, -0.2) is 5.78 Å². The highest BCUT2D eigenvalue weighted by atomic mass is 19.1. The third-order valence-electron chi connectivity index (χ3n) is 3.57. The van der Waals surface area contributed by atoms with E-state index in [9.17, 15) is 9.18 Å². The number of aryl methyl sites for hydroxylation is 3. The van der Waals surface area contributed by atoms with Gasteiger partial charge in [-0.1, -0.05) is 37.6 Å². The molecular weight excluding hydrogens is 251 g/mol. The second kappa shape index (κ2) is 6.00. The number of ketones is 1. The molecule has 2 rings (SSSR count). The maximum absolute atomic E-state index is 13.9. The molecule has 0 atom stereocenters. The van der Waals surface area contributed by atoms with Crippen LogP contribution < -0.4 is 0 Å². The van der Waals surface area contributed by atoms with E-state index in [0.29, 0.717) is 5.56 Å². The summed E-state index contributed by atoms with van der Waals surface area (Å²) in [5.74, 6) is -0.678. The van der Waals surface area contributed by atoms with Crippen LogP contribution in [0.4, 0.5) is 4.39 Å². The number of hydrogen-bond acceptors (Lipinski definition) is 1. The van der Waals surface area contributed by atoms with Gasteiger partial charge in [0.1, 0.15) is 5.82 Å². The van der Waals surface area contributed by atoms with E-state index in [-0.39, 0.29) is 11.3 Å². The van der Waals surface area contributed by atoms with E-state index in [2.05, 4.69) is 0 Å². The van der Waals surface area contributed by atoms with Gasteiger partial charge in [-0.3, -0.25) is 4.79 Å². The van der Waals surface area contributed by atoms with E-state index < -0.39 is 5.82 Å². The van der Waals surface area contributed by atoms with Crippen molar-refractivity contribution in [3.05, 3.63) is 70.0 Å². The van der Waals surface area contributed by atoms with Crippen molar-refractivity contribution >= 4 is 5.78 Å². The molecule has 0 fully saturated rings. The third kappa shape index (κ3) is 2.79. The van der Waals surface area contributed by atoms with Crippen LogP contribution in [0.2, 0.25) is 0 Å². The zero-order valence-corrected chi connectivity index (χ0v) is 12.2. The molecule has 2 aromatic carbocycles. The Bertz CT molecular complexity index is 644. The van der Waals surface area contributed by atoms with E-state index >= 15 is 0 Å². The molecular formula is C18H19FO. The van der Waals surface area contributed by atoms with Crippen molar-refractivity contribution in [1.29, 1.82) is 0 Å². The van der Waals surface area contributed by atoms with Crippen molar-refractivity contribution in [2.75, 3.05) is 0 Å². The van der Waals surface area contributed by atoms with Gasteiger partial charge in [0.05, 0.1) is 5.56 Å². The molecule has 0 aliphatic carbocycles. The fraction of sp³-hybridized carbons (Fsp3) is 0.278. The van der Waals surface area contributed by atoms with Gasteiger partial charge >= 0.3 is 0 Å². The Morgan fingerprint density at radius 2 is 1.75 bits per heavy atom. The molecule has 20 heavy (non-hydrogen) atoms. The first-order chi connectivity index (χ1) is 9.56. The van der Waals surface area contributed by atoms with Gasteiger partial charge in [-0.2, -0.15) is 0 Å². The molecule has 1 nitrogen and oxygen atoms in total. The Kier molecular flexibility index (Phi) is 4.33. The summed E-state index contributed by atoms with van der Waals surface area (Å²) in [7, 11) is 0. The van der Waals surface area contributed by atoms with Crippen LogP contribution in [0.15, 0.2) is 36.4 Å². The first-order valence-corrected chi connectivity index (χ1v) is 6.99. The molecule has 0 spiro atoms. The molecule has 0 bridgehead atoms. The molecule has 0 radical (unpaired) electrons. The number of halogens is 1. The highest BCUT2D eigenvalue weighted by Gasteiger charge is 2.17. The fourth-order valence-electron chi connectivity index (χ4n) is 2.32. The predicted octanol–water partition coefficient (Wildman–Crippen LogP) is 4.49. The minimum Gasteiger partial charge on any atom is -0.288 e. The van der Waals surface area contributed by atoms with Crippen LogP contribution in [0.3, 0.4) is 0 Å². The van der Waals surface area contributed by atoms with Gasteiger partial charge in [0.15, 0.2) is 5.78 Å². The van der Waals surface area contributed by atoms with Crippen LogP contribution >= 0.6 is 0 Å². The summed E-state index contributed by atoms with van der Waals surface area (Å²) in [6, 6.07) is 10.5.